The van der Waals surface area contributed by atoms with E-state index in [1.54, 1.807) is 6.92 Å². The molecule has 0 aliphatic carbocycles. The molecule has 19 heavy (non-hydrogen) atoms. The lowest BCUT2D eigenvalue weighted by atomic mass is 10.4. The van der Waals surface area contributed by atoms with Gasteiger partial charge in [-0.2, -0.15) is 0 Å². The number of aliphatic imine (C=N–C) groups is 2. The highest BCUT2D eigenvalue weighted by atomic mass is 32.1. The van der Waals surface area contributed by atoms with Crippen LogP contribution in [0, 0.1) is 0 Å². The molecule has 0 saturated heterocycles. The highest BCUT2D eigenvalue weighted by Gasteiger charge is 2.16. The van der Waals surface area contributed by atoms with Gasteiger partial charge in [0, 0.05) is 0 Å². The van der Waals surface area contributed by atoms with Crippen LogP contribution in [0.1, 0.15) is 11.8 Å². The summed E-state index contributed by atoms with van der Waals surface area (Å²) in [7, 11) is 0. The molecule has 0 unspecified atom stereocenters. The van der Waals surface area contributed by atoms with Crippen LogP contribution in [0.3, 0.4) is 0 Å². The summed E-state index contributed by atoms with van der Waals surface area (Å²) in [6.07, 6.45) is 4.39. The van der Waals surface area contributed by atoms with E-state index in [9.17, 15) is 14.7 Å². The lowest BCUT2D eigenvalue weighted by molar-refractivity contribution is -0.143. The summed E-state index contributed by atoms with van der Waals surface area (Å²) in [5.74, 6) is -0.844. The van der Waals surface area contributed by atoms with E-state index in [0.717, 1.165) is 15.9 Å². The summed E-state index contributed by atoms with van der Waals surface area (Å²) in [4.78, 5) is 30.6. The molecule has 0 aromatic carbocycles. The Kier molecular flexibility index (Phi) is 3.91. The Hall–Kier alpha value is -2.22. The van der Waals surface area contributed by atoms with Gasteiger partial charge in [0.2, 0.25) is 5.88 Å². The van der Waals surface area contributed by atoms with Crippen molar-refractivity contribution in [1.82, 2.24) is 4.57 Å². The predicted molar refractivity (Wildman–Crippen MR) is 71.8 cm³/mol. The minimum atomic E-state index is -0.572. The molecule has 0 bridgehead atoms. The van der Waals surface area contributed by atoms with E-state index in [1.165, 1.54) is 18.6 Å². The molecule has 8 heteroatoms. The van der Waals surface area contributed by atoms with E-state index < -0.39 is 10.8 Å². The molecule has 100 valence electrons. The molecule has 2 rings (SSSR count). The van der Waals surface area contributed by atoms with Gasteiger partial charge < -0.3 is 9.84 Å². The standard InChI is InChI=1S/C11H11N3O4S/c1-2-18-9(15)5-14-10(16)8(19-11(14)17)3-7-4-12-6-13-7/h3-4,6,16H,2,5H2,1H3/b7-3-. The number of hydrogen-bond acceptors (Lipinski definition) is 7. The molecule has 0 atom stereocenters. The lowest BCUT2D eigenvalue weighted by Crippen LogP contribution is -2.20. The van der Waals surface area contributed by atoms with Crippen molar-refractivity contribution in [3.63, 3.8) is 0 Å². The molecule has 2 heterocycles. The number of aromatic hydroxyl groups is 1. The fourth-order valence-electron chi connectivity index (χ4n) is 1.44. The first-order valence-electron chi connectivity index (χ1n) is 5.47. The molecule has 1 aromatic rings. The van der Waals surface area contributed by atoms with Crippen LogP contribution in [-0.4, -0.2) is 34.8 Å². The Morgan fingerprint density at radius 2 is 2.42 bits per heavy atom. The third-order valence-corrected chi connectivity index (χ3v) is 3.16. The number of nitrogens with zero attached hydrogens (tertiary/aromatic N) is 3. The van der Waals surface area contributed by atoms with Crippen molar-refractivity contribution in [3.8, 4) is 5.88 Å². The molecule has 0 amide bonds. The molecule has 0 radical (unpaired) electrons. The quantitative estimate of drug-likeness (QED) is 0.819. The van der Waals surface area contributed by atoms with Crippen molar-refractivity contribution in [1.29, 1.82) is 0 Å². The van der Waals surface area contributed by atoms with Gasteiger partial charge in [-0.1, -0.05) is 11.3 Å². The maximum atomic E-state index is 11.7. The van der Waals surface area contributed by atoms with Gasteiger partial charge in [-0.25, -0.2) is 9.98 Å². The minimum absolute atomic E-state index is 0.223. The van der Waals surface area contributed by atoms with Gasteiger partial charge in [0.15, 0.2) is 0 Å². The highest BCUT2D eigenvalue weighted by molar-refractivity contribution is 7.10. The average molecular weight is 281 g/mol. The van der Waals surface area contributed by atoms with Crippen LogP contribution < -0.4 is 4.87 Å². The smallest absolute Gasteiger partial charge is 0.326 e. The van der Waals surface area contributed by atoms with Crippen LogP contribution in [0.4, 0.5) is 0 Å². The van der Waals surface area contributed by atoms with Crippen molar-refractivity contribution >= 4 is 35.9 Å². The van der Waals surface area contributed by atoms with Gasteiger partial charge >= 0.3 is 10.8 Å². The number of ether oxygens (including phenoxy) is 1. The molecule has 1 aliphatic rings. The van der Waals surface area contributed by atoms with Crippen LogP contribution in [0.15, 0.2) is 20.5 Å². The lowest BCUT2D eigenvalue weighted by Gasteiger charge is -2.03. The first kappa shape index (κ1) is 13.2. The average Bonchev–Trinajstić information content (AvgIpc) is 2.95. The normalized spacial score (nSPS) is 15.3. The third-order valence-electron chi connectivity index (χ3n) is 2.25. The second kappa shape index (κ2) is 5.61. The number of thiazole rings is 1. The molecule has 1 N–H and O–H groups in total. The van der Waals surface area contributed by atoms with Gasteiger partial charge in [-0.05, 0) is 13.0 Å². The van der Waals surface area contributed by atoms with Gasteiger partial charge in [0.1, 0.15) is 12.9 Å². The Balaban J connectivity index is 2.27. The van der Waals surface area contributed by atoms with Crippen molar-refractivity contribution in [2.75, 3.05) is 6.61 Å². The van der Waals surface area contributed by atoms with Crippen LogP contribution in [0.25, 0.3) is 6.08 Å². The Morgan fingerprint density at radius 1 is 1.63 bits per heavy atom. The molecule has 0 spiro atoms. The second-order valence-corrected chi connectivity index (χ2v) is 4.53. The molecule has 1 aromatic heterocycles. The van der Waals surface area contributed by atoms with E-state index >= 15 is 0 Å². The Labute approximate surface area is 112 Å². The predicted octanol–water partition coefficient (Wildman–Crippen LogP) is 0.632. The first-order chi connectivity index (χ1) is 9.11. The van der Waals surface area contributed by atoms with Gasteiger partial charge in [0.25, 0.3) is 0 Å². The highest BCUT2D eigenvalue weighted by Crippen LogP contribution is 2.23. The Bertz CT molecular complexity index is 625. The van der Waals surface area contributed by atoms with Crippen LogP contribution in [-0.2, 0) is 16.1 Å². The maximum absolute atomic E-state index is 11.7. The first-order valence-corrected chi connectivity index (χ1v) is 6.29. The largest absolute Gasteiger partial charge is 0.493 e. The van der Waals surface area contributed by atoms with Crippen LogP contribution in [0.5, 0.6) is 5.88 Å². The monoisotopic (exact) mass is 281 g/mol. The summed E-state index contributed by atoms with van der Waals surface area (Å²) in [6.45, 7) is 1.58. The fourth-order valence-corrected chi connectivity index (χ4v) is 2.27. The van der Waals surface area contributed by atoms with Crippen molar-refractivity contribution < 1.29 is 14.6 Å². The Morgan fingerprint density at radius 3 is 3.05 bits per heavy atom. The number of rotatable bonds is 4. The van der Waals surface area contributed by atoms with E-state index in [1.807, 2.05) is 0 Å². The van der Waals surface area contributed by atoms with Crippen LogP contribution in [0.2, 0.25) is 0 Å². The third kappa shape index (κ3) is 2.97. The molecule has 0 fully saturated rings. The van der Waals surface area contributed by atoms with E-state index in [2.05, 4.69) is 9.98 Å². The number of hydrogen-bond donors (Lipinski definition) is 1. The number of esters is 1. The molecular weight excluding hydrogens is 270 g/mol. The zero-order valence-electron chi connectivity index (χ0n) is 10.1. The summed E-state index contributed by atoms with van der Waals surface area (Å²) in [6, 6.07) is 0. The summed E-state index contributed by atoms with van der Waals surface area (Å²) in [5.41, 5.74) is 0.528. The molecular formula is C11H11N3O4S. The van der Waals surface area contributed by atoms with Crippen molar-refractivity contribution in [2.24, 2.45) is 9.98 Å². The SMILES string of the molecule is CCOC(=O)Cn1c(O)c(/C=C2/C=NC=N2)sc1=O. The van der Waals surface area contributed by atoms with Gasteiger partial charge in [0.05, 0.1) is 23.4 Å². The van der Waals surface area contributed by atoms with E-state index in [-0.39, 0.29) is 19.0 Å². The number of allylic oxidation sites excluding steroid dienone is 1. The molecule has 7 nitrogen and oxygen atoms in total. The summed E-state index contributed by atoms with van der Waals surface area (Å²) >= 11 is 0.826. The topological polar surface area (TPSA) is 93.2 Å². The van der Waals surface area contributed by atoms with E-state index in [0.29, 0.717) is 10.6 Å². The zero-order valence-corrected chi connectivity index (χ0v) is 10.9. The molecule has 1 aliphatic heterocycles. The maximum Gasteiger partial charge on any atom is 0.326 e. The van der Waals surface area contributed by atoms with Gasteiger partial charge in [-0.15, -0.1) is 0 Å². The number of aromatic nitrogens is 1. The molecule has 0 saturated carbocycles. The zero-order chi connectivity index (χ0) is 13.8. The fraction of sp³-hybridized carbons (Fsp3) is 0.273. The summed E-state index contributed by atoms with van der Waals surface area (Å²) in [5, 5.41) is 9.91. The van der Waals surface area contributed by atoms with Crippen LogP contribution >= 0.6 is 11.3 Å². The second-order valence-electron chi connectivity index (χ2n) is 3.54. The van der Waals surface area contributed by atoms with E-state index in [4.69, 9.17) is 4.74 Å². The van der Waals surface area contributed by atoms with Gasteiger partial charge in [-0.3, -0.25) is 14.2 Å². The number of carbonyl (C=O) groups is 1. The summed E-state index contributed by atoms with van der Waals surface area (Å²) < 4.78 is 5.70. The van der Waals surface area contributed by atoms with Crippen molar-refractivity contribution in [2.45, 2.75) is 13.5 Å². The minimum Gasteiger partial charge on any atom is -0.493 e. The number of carbonyl (C=O) groups excluding carboxylic acids is 1. The van der Waals surface area contributed by atoms with Crippen molar-refractivity contribution in [3.05, 3.63) is 20.2 Å².